The summed E-state index contributed by atoms with van der Waals surface area (Å²) in [5, 5.41) is 18.5. The van der Waals surface area contributed by atoms with Crippen molar-refractivity contribution in [3.63, 3.8) is 0 Å². The zero-order valence-electron chi connectivity index (χ0n) is 60.4. The molecule has 0 atom stereocenters. The molecule has 10 nitrogen and oxygen atoms in total. The minimum Gasteiger partial charge on any atom is -0.501 e. The maximum atomic E-state index is 7.00. The summed E-state index contributed by atoms with van der Waals surface area (Å²) >= 11 is 0. The number of benzene rings is 8. The molecule has 0 unspecified atom stereocenters. The third-order valence-corrected chi connectivity index (χ3v) is 16.9. The summed E-state index contributed by atoms with van der Waals surface area (Å²) in [6.07, 6.45) is 15.4. The predicted octanol–water partition coefficient (Wildman–Crippen LogP) is 22.0. The minimum absolute atomic E-state index is 0. The molecule has 8 aromatic heterocycles. The van der Waals surface area contributed by atoms with E-state index in [1.54, 1.807) is 0 Å². The summed E-state index contributed by atoms with van der Waals surface area (Å²) in [7, 11) is 2.00. The van der Waals surface area contributed by atoms with E-state index < -0.39 is 0 Å². The normalized spacial score (nSPS) is 10.1. The van der Waals surface area contributed by atoms with Crippen molar-refractivity contribution < 1.29 is 59.3 Å². The average Bonchev–Trinajstić information content (AvgIpc) is 1.61. The van der Waals surface area contributed by atoms with E-state index >= 15 is 0 Å². The van der Waals surface area contributed by atoms with Crippen LogP contribution in [0.5, 0.6) is 0 Å². The van der Waals surface area contributed by atoms with Gasteiger partial charge in [0.2, 0.25) is 0 Å². The molecule has 0 fully saturated rings. The zero-order valence-corrected chi connectivity index (χ0v) is 65.2. The van der Waals surface area contributed by atoms with E-state index in [4.69, 9.17) is 19.0 Å². The van der Waals surface area contributed by atoms with Crippen molar-refractivity contribution in [2.75, 3.05) is 14.2 Å². The smallest absolute Gasteiger partial charge is 0.501 e. The minimum atomic E-state index is 0. The van der Waals surface area contributed by atoms with E-state index in [2.05, 4.69) is 182 Å². The van der Waals surface area contributed by atoms with Crippen LogP contribution in [0.25, 0.3) is 111 Å². The fourth-order valence-corrected chi connectivity index (χ4v) is 10.9. The summed E-state index contributed by atoms with van der Waals surface area (Å²) < 4.78 is 12.1. The van der Waals surface area contributed by atoms with E-state index in [-0.39, 0.29) is 40.2 Å². The van der Waals surface area contributed by atoms with Crippen molar-refractivity contribution in [1.82, 2.24) is 29.9 Å². The third kappa shape index (κ3) is 21.8. The van der Waals surface area contributed by atoms with Crippen molar-refractivity contribution >= 4 is 43.9 Å². The van der Waals surface area contributed by atoms with Crippen molar-refractivity contribution in [3.05, 3.63) is 349 Å². The molecule has 0 aliphatic carbocycles. The van der Waals surface area contributed by atoms with Gasteiger partial charge in [0.25, 0.3) is 0 Å². The van der Waals surface area contributed by atoms with Crippen LogP contribution in [0.15, 0.2) is 283 Å². The van der Waals surface area contributed by atoms with Crippen LogP contribution in [0.4, 0.5) is 0 Å². The molecule has 0 amide bonds. The second-order valence-electron chi connectivity index (χ2n) is 23.5. The van der Waals surface area contributed by atoms with E-state index in [1.165, 1.54) is 44.5 Å². The van der Waals surface area contributed by atoms with Gasteiger partial charge < -0.3 is 44.0 Å². The van der Waals surface area contributed by atoms with Crippen LogP contribution < -0.4 is 0 Å². The molecular formula is C92H85Ir2N6O4+. The Morgan fingerprint density at radius 1 is 0.298 bits per heavy atom. The van der Waals surface area contributed by atoms with Gasteiger partial charge in [-0.2, -0.15) is 0 Å². The Kier molecular flexibility index (Phi) is 32.8. The second-order valence-corrected chi connectivity index (χ2v) is 23.5. The largest absolute Gasteiger partial charge is 3.00 e. The summed E-state index contributed by atoms with van der Waals surface area (Å²) in [4.78, 5) is 26.4. The van der Waals surface area contributed by atoms with Gasteiger partial charge in [-0.3, -0.25) is 4.98 Å². The molecule has 0 radical (unpaired) electrons. The second kappa shape index (κ2) is 42.2. The maximum absolute atomic E-state index is 7.00. The van der Waals surface area contributed by atoms with Crippen molar-refractivity contribution in [1.29, 1.82) is 0 Å². The molecule has 0 saturated carbocycles. The first-order valence-corrected chi connectivity index (χ1v) is 34.2. The molecule has 16 aromatic rings. The fraction of sp³-hybridized carbons (Fsp3) is 0.152. The van der Waals surface area contributed by atoms with E-state index in [0.717, 1.165) is 151 Å². The molecule has 0 aliphatic rings. The van der Waals surface area contributed by atoms with Crippen LogP contribution in [0.2, 0.25) is 0 Å². The van der Waals surface area contributed by atoms with E-state index in [1.807, 2.05) is 207 Å². The maximum Gasteiger partial charge on any atom is 3.00 e. The Bertz CT molecular complexity index is 4730. The van der Waals surface area contributed by atoms with Crippen molar-refractivity contribution in [3.8, 4) is 67.5 Å². The molecule has 0 spiro atoms. The molecule has 16 rings (SSSR count). The number of aliphatic hydroxyl groups excluding tert-OH is 2. The number of para-hydroxylation sites is 3. The summed E-state index contributed by atoms with van der Waals surface area (Å²) in [5.41, 5.74) is 25.8. The van der Waals surface area contributed by atoms with E-state index in [9.17, 15) is 0 Å². The molecule has 104 heavy (non-hydrogen) atoms. The first kappa shape index (κ1) is 80.8. The summed E-state index contributed by atoms with van der Waals surface area (Å²) in [6, 6.07) is 95.0. The van der Waals surface area contributed by atoms with Gasteiger partial charge in [0.15, 0.2) is 0 Å². The number of furan rings is 2. The van der Waals surface area contributed by atoms with Gasteiger partial charge in [0.1, 0.15) is 16.7 Å². The van der Waals surface area contributed by atoms with Gasteiger partial charge in [-0.15, -0.1) is 162 Å². The SMILES string of the molecule is CCc1ccnc(-c2[c-]cccc2)c1.CCc1ccnc(-c2[c-]cccc2)c1.CCc1ccnc(-c2[c-]cccc2)c1.CCc1ccnc(-c2[c-]cccc2)c1.CO.CO.Cc1cnc(-c2[c-]ccc3c2oc2ccccc23)cc1C.Cc1cnc(-c2cccc3c2oc2ccccc23)cc1C.[Ir+3].[Ir+3]. The number of fused-ring (bicyclic) bond motifs is 6. The van der Waals surface area contributed by atoms with Gasteiger partial charge in [-0.1, -0.05) is 145 Å². The molecule has 0 saturated heterocycles. The molecule has 0 aliphatic heterocycles. The molecular weight excluding hydrogens is 1640 g/mol. The Morgan fingerprint density at radius 3 is 1.00 bits per heavy atom. The van der Waals surface area contributed by atoms with Gasteiger partial charge in [0, 0.05) is 73.1 Å². The Labute approximate surface area is 639 Å². The molecule has 12 heteroatoms. The first-order chi connectivity index (χ1) is 50.1. The fourth-order valence-electron chi connectivity index (χ4n) is 10.9. The van der Waals surface area contributed by atoms with Crippen molar-refractivity contribution in [2.45, 2.75) is 81.1 Å². The molecule has 524 valence electrons. The van der Waals surface area contributed by atoms with Gasteiger partial charge in [-0.25, -0.2) is 0 Å². The number of rotatable bonds is 10. The molecule has 8 aromatic carbocycles. The van der Waals surface area contributed by atoms with Crippen LogP contribution in [-0.4, -0.2) is 54.3 Å². The Morgan fingerprint density at radius 2 is 0.635 bits per heavy atom. The standard InChI is InChI=1S/C19H15NO.C19H14NO.4C13H12N.2CH4O.2Ir/c2*1-12-10-17(20-11-13(12)2)16-8-5-7-15-14-6-3-4-9-18(14)21-19(15)16;4*1-2-11-8-9-14-13(10-11)12-6-4-3-5-7-12;2*1-2;;/h3-11H,1-2H3;3-7,9-11H,1-2H3;4*3-6,8-10H,2H2,1H3;2*2H,1H3;;/q;5*-1;;;2*+3. The number of aryl methyl sites for hydroxylation is 8. The van der Waals surface area contributed by atoms with Crippen LogP contribution >= 0.6 is 0 Å². The van der Waals surface area contributed by atoms with Crippen LogP contribution in [0, 0.1) is 58.0 Å². The topological polar surface area (TPSA) is 144 Å². The van der Waals surface area contributed by atoms with Crippen molar-refractivity contribution in [2.24, 2.45) is 0 Å². The van der Waals surface area contributed by atoms with Crippen LogP contribution in [0.3, 0.4) is 0 Å². The third-order valence-electron chi connectivity index (χ3n) is 16.9. The monoisotopic (exact) mass is 1720 g/mol. The molecule has 0 bridgehead atoms. The van der Waals surface area contributed by atoms with Gasteiger partial charge in [0.05, 0.1) is 11.3 Å². The van der Waals surface area contributed by atoms with Crippen LogP contribution in [-0.2, 0) is 65.9 Å². The first-order valence-electron chi connectivity index (χ1n) is 34.2. The van der Waals surface area contributed by atoms with Crippen LogP contribution in [0.1, 0.15) is 72.2 Å². The van der Waals surface area contributed by atoms with E-state index in [0.29, 0.717) is 0 Å². The quantitative estimate of drug-likeness (QED) is 0.127. The zero-order chi connectivity index (χ0) is 72.0. The average molecular weight is 1720 g/mol. The van der Waals surface area contributed by atoms with Gasteiger partial charge in [-0.05, 0) is 147 Å². The molecule has 2 N–H and O–H groups in total. The summed E-state index contributed by atoms with van der Waals surface area (Å²) in [5.74, 6) is 0. The number of aromatic nitrogens is 6. The number of nitrogens with zero attached hydrogens (tertiary/aromatic N) is 6. The number of pyridine rings is 6. The number of aliphatic hydroxyl groups is 2. The van der Waals surface area contributed by atoms with Gasteiger partial charge >= 0.3 is 40.2 Å². The number of hydrogen-bond acceptors (Lipinski definition) is 10. The molecule has 8 heterocycles. The summed E-state index contributed by atoms with van der Waals surface area (Å²) in [6.45, 7) is 16.9. The predicted molar refractivity (Wildman–Crippen MR) is 420 cm³/mol. The number of hydrogen-bond donors (Lipinski definition) is 2. The Balaban J connectivity index is 0.000000174. The Hall–Kier alpha value is -10.5.